The predicted molar refractivity (Wildman–Crippen MR) is 89.0 cm³/mol. The molecule has 128 valence electrons. The molecule has 3 rings (SSSR count). The molecule has 5 nitrogen and oxygen atoms in total. The third-order valence-corrected chi connectivity index (χ3v) is 3.85. The highest BCUT2D eigenvalue weighted by Gasteiger charge is 2.13. The van der Waals surface area contributed by atoms with E-state index in [1.54, 1.807) is 6.07 Å². The standard InChI is InChI=1S/C19H15FO5/c1-2-11-7-15-13(8-18(22)25-17(15)9-16(11)21)10-24-19(23)12-3-5-14(20)6-4-12/h3-9,21H,2,10H2,1H3. The Morgan fingerprint density at radius 1 is 1.16 bits per heavy atom. The van der Waals surface area contributed by atoms with Crippen LogP contribution in [0.15, 0.2) is 51.7 Å². The Morgan fingerprint density at radius 3 is 2.56 bits per heavy atom. The second-order valence-electron chi connectivity index (χ2n) is 5.50. The minimum absolute atomic E-state index is 0.0404. The van der Waals surface area contributed by atoms with Crippen LogP contribution in [-0.2, 0) is 17.8 Å². The van der Waals surface area contributed by atoms with E-state index < -0.39 is 17.4 Å². The van der Waals surface area contributed by atoms with Crippen LogP contribution in [0, 0.1) is 5.82 Å². The first-order valence-electron chi connectivity index (χ1n) is 7.69. The highest BCUT2D eigenvalue weighted by atomic mass is 19.1. The van der Waals surface area contributed by atoms with Crippen LogP contribution < -0.4 is 5.63 Å². The van der Waals surface area contributed by atoms with Crippen molar-refractivity contribution in [1.82, 2.24) is 0 Å². The van der Waals surface area contributed by atoms with E-state index in [1.807, 2.05) is 6.92 Å². The van der Waals surface area contributed by atoms with Gasteiger partial charge in [-0.3, -0.25) is 0 Å². The van der Waals surface area contributed by atoms with Gasteiger partial charge in [0.1, 0.15) is 23.8 Å². The van der Waals surface area contributed by atoms with Gasteiger partial charge >= 0.3 is 11.6 Å². The summed E-state index contributed by atoms with van der Waals surface area (Å²) < 4.78 is 23.2. The van der Waals surface area contributed by atoms with Crippen molar-refractivity contribution in [3.8, 4) is 5.75 Å². The van der Waals surface area contributed by atoms with Crippen LogP contribution in [0.25, 0.3) is 11.0 Å². The van der Waals surface area contributed by atoms with Gasteiger partial charge in [-0.1, -0.05) is 6.92 Å². The van der Waals surface area contributed by atoms with E-state index in [0.717, 1.165) is 0 Å². The van der Waals surface area contributed by atoms with Gasteiger partial charge in [0.05, 0.1) is 5.56 Å². The number of aromatic hydroxyl groups is 1. The number of halogens is 1. The average Bonchev–Trinajstić information content (AvgIpc) is 2.59. The molecule has 0 atom stereocenters. The first-order valence-corrected chi connectivity index (χ1v) is 7.69. The van der Waals surface area contributed by atoms with E-state index in [0.29, 0.717) is 22.9 Å². The monoisotopic (exact) mass is 342 g/mol. The van der Waals surface area contributed by atoms with Crippen LogP contribution in [0.1, 0.15) is 28.4 Å². The average molecular weight is 342 g/mol. The van der Waals surface area contributed by atoms with E-state index in [4.69, 9.17) is 9.15 Å². The molecular formula is C19H15FO5. The number of hydrogen-bond donors (Lipinski definition) is 1. The zero-order valence-corrected chi connectivity index (χ0v) is 13.4. The fraction of sp³-hybridized carbons (Fsp3) is 0.158. The van der Waals surface area contributed by atoms with Crippen molar-refractivity contribution < 1.29 is 23.4 Å². The van der Waals surface area contributed by atoms with Crippen molar-refractivity contribution in [2.75, 3.05) is 0 Å². The van der Waals surface area contributed by atoms with Gasteiger partial charge in [-0.15, -0.1) is 0 Å². The summed E-state index contributed by atoms with van der Waals surface area (Å²) in [5, 5.41) is 10.5. The molecule has 0 unspecified atom stereocenters. The van der Waals surface area contributed by atoms with E-state index in [-0.39, 0.29) is 23.5 Å². The Bertz CT molecular complexity index is 989. The fourth-order valence-corrected chi connectivity index (χ4v) is 2.52. The van der Waals surface area contributed by atoms with Crippen LogP contribution in [0.3, 0.4) is 0 Å². The molecule has 0 spiro atoms. The van der Waals surface area contributed by atoms with E-state index in [2.05, 4.69) is 0 Å². The van der Waals surface area contributed by atoms with Crippen molar-refractivity contribution >= 4 is 16.9 Å². The molecule has 0 saturated carbocycles. The lowest BCUT2D eigenvalue weighted by Crippen LogP contribution is -2.08. The Labute approximate surface area is 142 Å². The molecule has 0 aliphatic rings. The molecule has 1 aromatic heterocycles. The van der Waals surface area contributed by atoms with Gasteiger partial charge < -0.3 is 14.3 Å². The maximum absolute atomic E-state index is 12.9. The maximum Gasteiger partial charge on any atom is 0.338 e. The van der Waals surface area contributed by atoms with Gasteiger partial charge in [0.15, 0.2) is 0 Å². The first kappa shape index (κ1) is 16.7. The molecule has 0 amide bonds. The highest BCUT2D eigenvalue weighted by Crippen LogP contribution is 2.27. The SMILES string of the molecule is CCc1cc2c(COC(=O)c3ccc(F)cc3)cc(=O)oc2cc1O. The molecule has 0 aliphatic carbocycles. The number of phenolic OH excluding ortho intramolecular Hbond substituents is 1. The Balaban J connectivity index is 1.91. The third-order valence-electron chi connectivity index (χ3n) is 3.85. The van der Waals surface area contributed by atoms with E-state index in [1.165, 1.54) is 36.4 Å². The second kappa shape index (κ2) is 6.76. The van der Waals surface area contributed by atoms with Crippen LogP contribution in [0.4, 0.5) is 4.39 Å². The summed E-state index contributed by atoms with van der Waals surface area (Å²) in [5.41, 5.74) is 0.975. The molecule has 0 aliphatic heterocycles. The number of aryl methyl sites for hydroxylation is 1. The van der Waals surface area contributed by atoms with Crippen LogP contribution in [0.5, 0.6) is 5.75 Å². The number of hydrogen-bond acceptors (Lipinski definition) is 5. The lowest BCUT2D eigenvalue weighted by molar-refractivity contribution is 0.0473. The maximum atomic E-state index is 12.9. The van der Waals surface area contributed by atoms with Gasteiger partial charge in [0, 0.05) is 23.1 Å². The van der Waals surface area contributed by atoms with Crippen molar-refractivity contribution in [3.05, 3.63) is 75.4 Å². The first-order chi connectivity index (χ1) is 12.0. The summed E-state index contributed by atoms with van der Waals surface area (Å²) in [6.07, 6.45) is 0.593. The smallest absolute Gasteiger partial charge is 0.338 e. The lowest BCUT2D eigenvalue weighted by Gasteiger charge is -2.09. The number of carbonyl (C=O) groups excluding carboxylic acids is 1. The minimum atomic E-state index is -0.629. The van der Waals surface area contributed by atoms with Crippen molar-refractivity contribution in [2.24, 2.45) is 0 Å². The molecule has 2 aromatic carbocycles. The zero-order chi connectivity index (χ0) is 18.0. The fourth-order valence-electron chi connectivity index (χ4n) is 2.52. The van der Waals surface area contributed by atoms with Crippen LogP contribution in [-0.4, -0.2) is 11.1 Å². The van der Waals surface area contributed by atoms with Crippen molar-refractivity contribution in [3.63, 3.8) is 0 Å². The molecule has 1 N–H and O–H groups in total. The van der Waals surface area contributed by atoms with Crippen molar-refractivity contribution in [1.29, 1.82) is 0 Å². The van der Waals surface area contributed by atoms with Gasteiger partial charge in [-0.2, -0.15) is 0 Å². The largest absolute Gasteiger partial charge is 0.508 e. The molecule has 1 heterocycles. The molecule has 0 radical (unpaired) electrons. The summed E-state index contributed by atoms with van der Waals surface area (Å²) in [4.78, 5) is 23.7. The topological polar surface area (TPSA) is 76.7 Å². The second-order valence-corrected chi connectivity index (χ2v) is 5.50. The van der Waals surface area contributed by atoms with Gasteiger partial charge in [0.2, 0.25) is 0 Å². The van der Waals surface area contributed by atoms with E-state index in [9.17, 15) is 19.1 Å². The summed E-state index contributed by atoms with van der Waals surface area (Å²) in [6.45, 7) is 1.74. The number of carbonyl (C=O) groups is 1. The number of benzene rings is 2. The quantitative estimate of drug-likeness (QED) is 0.579. The molecule has 25 heavy (non-hydrogen) atoms. The molecule has 0 saturated heterocycles. The molecule has 6 heteroatoms. The van der Waals surface area contributed by atoms with Gasteiger partial charge in [-0.05, 0) is 42.3 Å². The van der Waals surface area contributed by atoms with Crippen LogP contribution >= 0.6 is 0 Å². The molecule has 0 fully saturated rings. The highest BCUT2D eigenvalue weighted by molar-refractivity contribution is 5.89. The van der Waals surface area contributed by atoms with Crippen LogP contribution in [0.2, 0.25) is 0 Å². The number of fused-ring (bicyclic) bond motifs is 1. The Kier molecular flexibility index (Phi) is 4.52. The molecule has 0 bridgehead atoms. The zero-order valence-electron chi connectivity index (χ0n) is 13.4. The summed E-state index contributed by atoms with van der Waals surface area (Å²) >= 11 is 0. The summed E-state index contributed by atoms with van der Waals surface area (Å²) in [5.74, 6) is -1.04. The summed E-state index contributed by atoms with van der Waals surface area (Å²) in [6, 6.07) is 9.30. The Hall–Kier alpha value is -3.15. The number of rotatable bonds is 4. The summed E-state index contributed by atoms with van der Waals surface area (Å²) in [7, 11) is 0. The normalized spacial score (nSPS) is 10.8. The molecular weight excluding hydrogens is 327 g/mol. The van der Waals surface area contributed by atoms with Gasteiger partial charge in [0.25, 0.3) is 0 Å². The lowest BCUT2D eigenvalue weighted by atomic mass is 10.0. The number of ether oxygens (including phenoxy) is 1. The third kappa shape index (κ3) is 3.52. The minimum Gasteiger partial charge on any atom is -0.508 e. The van der Waals surface area contributed by atoms with Crippen molar-refractivity contribution in [2.45, 2.75) is 20.0 Å². The number of esters is 1. The Morgan fingerprint density at radius 2 is 1.88 bits per heavy atom. The van der Waals surface area contributed by atoms with E-state index >= 15 is 0 Å². The predicted octanol–water partition coefficient (Wildman–Crippen LogP) is 3.56. The van der Waals surface area contributed by atoms with Gasteiger partial charge in [-0.25, -0.2) is 14.0 Å². The number of phenols is 1. The molecule has 3 aromatic rings.